The number of carbonyl (C=O) groups excluding carboxylic acids is 1. The molecule has 0 atom stereocenters. The number of carbonyl (C=O) groups is 2. The number of carboxylic acids is 1. The molecule has 0 aliphatic carbocycles. The summed E-state index contributed by atoms with van der Waals surface area (Å²) in [6.07, 6.45) is 3.48. The number of hydrogen-bond donors (Lipinski definition) is 1. The highest BCUT2D eigenvalue weighted by atomic mass is 32.1. The Bertz CT molecular complexity index is 692. The first-order chi connectivity index (χ1) is 10.4. The first-order valence-electron chi connectivity index (χ1n) is 6.90. The van der Waals surface area contributed by atoms with Crippen LogP contribution in [0.4, 0.5) is 0 Å². The number of carboxylic acid groups (broad SMARTS) is 1. The van der Waals surface area contributed by atoms with E-state index >= 15 is 0 Å². The average Bonchev–Trinajstić information content (AvgIpc) is 3.05. The molecular weight excluding hydrogens is 304 g/mol. The van der Waals surface area contributed by atoms with Gasteiger partial charge in [-0.3, -0.25) is 14.3 Å². The number of aromatic nitrogens is 3. The molecule has 1 amide bonds. The third-order valence-corrected chi connectivity index (χ3v) is 4.40. The van der Waals surface area contributed by atoms with Gasteiger partial charge in [0.1, 0.15) is 9.88 Å². The molecule has 0 bridgehead atoms. The quantitative estimate of drug-likeness (QED) is 0.876. The molecule has 2 heterocycles. The van der Waals surface area contributed by atoms with Crippen LogP contribution in [0.1, 0.15) is 28.7 Å². The van der Waals surface area contributed by atoms with Crippen molar-refractivity contribution in [2.45, 2.75) is 20.3 Å². The lowest BCUT2D eigenvalue weighted by atomic mass is 10.3. The smallest absolute Gasteiger partial charge is 0.305 e. The zero-order valence-corrected chi connectivity index (χ0v) is 13.6. The molecular formula is C14H18N4O3S. The number of hydrogen-bond acceptors (Lipinski definition) is 5. The Balaban J connectivity index is 2.22. The van der Waals surface area contributed by atoms with Crippen LogP contribution in [0.3, 0.4) is 0 Å². The molecule has 1 N–H and O–H groups in total. The van der Waals surface area contributed by atoms with E-state index in [4.69, 9.17) is 5.11 Å². The highest BCUT2D eigenvalue weighted by Gasteiger charge is 2.21. The molecule has 0 aliphatic heterocycles. The number of rotatable bonds is 6. The average molecular weight is 322 g/mol. The first-order valence-corrected chi connectivity index (χ1v) is 7.71. The van der Waals surface area contributed by atoms with Gasteiger partial charge in [-0.1, -0.05) is 0 Å². The molecule has 8 heteroatoms. The lowest BCUT2D eigenvalue weighted by molar-refractivity contribution is -0.137. The summed E-state index contributed by atoms with van der Waals surface area (Å²) in [6.45, 7) is 4.28. The van der Waals surface area contributed by atoms with Crippen LogP contribution in [0.5, 0.6) is 0 Å². The zero-order valence-electron chi connectivity index (χ0n) is 12.7. The highest BCUT2D eigenvalue weighted by Crippen LogP contribution is 2.28. The van der Waals surface area contributed by atoms with Crippen molar-refractivity contribution in [1.82, 2.24) is 19.7 Å². The van der Waals surface area contributed by atoms with Crippen LogP contribution in [0, 0.1) is 6.92 Å². The maximum Gasteiger partial charge on any atom is 0.305 e. The lowest BCUT2D eigenvalue weighted by Crippen LogP contribution is -2.32. The summed E-state index contributed by atoms with van der Waals surface area (Å²) in [4.78, 5) is 29.7. The first kappa shape index (κ1) is 16.2. The Morgan fingerprint density at radius 2 is 2.18 bits per heavy atom. The fourth-order valence-electron chi connectivity index (χ4n) is 2.03. The number of nitrogens with zero attached hydrogens (tertiary/aromatic N) is 4. The number of thiazole rings is 1. The van der Waals surface area contributed by atoms with E-state index in [9.17, 15) is 9.59 Å². The lowest BCUT2D eigenvalue weighted by Gasteiger charge is -2.19. The Morgan fingerprint density at radius 3 is 2.73 bits per heavy atom. The molecule has 118 valence electrons. The SMILES string of the molecule is CCN(CCC(=O)O)C(=O)c1sc(-c2cnn(C)c2)nc1C. The van der Waals surface area contributed by atoms with Crippen molar-refractivity contribution in [2.75, 3.05) is 13.1 Å². The van der Waals surface area contributed by atoms with Gasteiger partial charge in [0.05, 0.1) is 18.3 Å². The van der Waals surface area contributed by atoms with Crippen molar-refractivity contribution in [2.24, 2.45) is 7.05 Å². The van der Waals surface area contributed by atoms with E-state index in [1.165, 1.54) is 16.2 Å². The summed E-state index contributed by atoms with van der Waals surface area (Å²) in [7, 11) is 1.82. The van der Waals surface area contributed by atoms with Crippen LogP contribution in [0.2, 0.25) is 0 Å². The predicted octanol–water partition coefficient (Wildman–Crippen LogP) is 1.79. The summed E-state index contributed by atoms with van der Waals surface area (Å²) < 4.78 is 1.68. The standard InChI is InChI=1S/C14H18N4O3S/c1-4-18(6-5-11(19)20)14(21)12-9(2)16-13(22-12)10-7-15-17(3)8-10/h7-8H,4-6H2,1-3H3,(H,19,20). The molecule has 0 radical (unpaired) electrons. The molecule has 0 spiro atoms. The predicted molar refractivity (Wildman–Crippen MR) is 82.9 cm³/mol. The van der Waals surface area contributed by atoms with Gasteiger partial charge in [0.25, 0.3) is 5.91 Å². The van der Waals surface area contributed by atoms with Gasteiger partial charge in [0.2, 0.25) is 0 Å². The van der Waals surface area contributed by atoms with Crippen LogP contribution in [-0.4, -0.2) is 49.7 Å². The second kappa shape index (κ2) is 6.69. The minimum atomic E-state index is -0.914. The second-order valence-electron chi connectivity index (χ2n) is 4.86. The third kappa shape index (κ3) is 3.51. The molecule has 0 aromatic carbocycles. The van der Waals surface area contributed by atoms with Crippen molar-refractivity contribution in [3.8, 4) is 10.6 Å². The van der Waals surface area contributed by atoms with E-state index < -0.39 is 5.97 Å². The summed E-state index contributed by atoms with van der Waals surface area (Å²) in [5.41, 5.74) is 1.52. The normalized spacial score (nSPS) is 10.7. The van der Waals surface area contributed by atoms with Gasteiger partial charge in [0.15, 0.2) is 0 Å². The molecule has 0 aliphatic rings. The van der Waals surface area contributed by atoms with Crippen molar-refractivity contribution in [1.29, 1.82) is 0 Å². The Kier molecular flexibility index (Phi) is 4.92. The van der Waals surface area contributed by atoms with E-state index in [0.717, 1.165) is 10.6 Å². The number of amides is 1. The van der Waals surface area contributed by atoms with Crippen LogP contribution in [0.25, 0.3) is 10.6 Å². The number of aryl methyl sites for hydroxylation is 2. The zero-order chi connectivity index (χ0) is 16.3. The molecule has 7 nitrogen and oxygen atoms in total. The van der Waals surface area contributed by atoms with E-state index in [0.29, 0.717) is 17.1 Å². The Labute approximate surface area is 132 Å². The second-order valence-corrected chi connectivity index (χ2v) is 5.86. The van der Waals surface area contributed by atoms with Crippen molar-refractivity contribution in [3.63, 3.8) is 0 Å². The van der Waals surface area contributed by atoms with Gasteiger partial charge in [-0.25, -0.2) is 4.98 Å². The van der Waals surface area contributed by atoms with E-state index in [-0.39, 0.29) is 18.9 Å². The van der Waals surface area contributed by atoms with Gasteiger partial charge in [-0.05, 0) is 13.8 Å². The van der Waals surface area contributed by atoms with Gasteiger partial charge < -0.3 is 10.0 Å². The Morgan fingerprint density at radius 1 is 1.45 bits per heavy atom. The summed E-state index contributed by atoms with van der Waals surface area (Å²) in [5, 5.41) is 13.6. The van der Waals surface area contributed by atoms with Crippen molar-refractivity contribution >= 4 is 23.2 Å². The van der Waals surface area contributed by atoms with Gasteiger partial charge in [-0.2, -0.15) is 5.10 Å². The van der Waals surface area contributed by atoms with Crippen molar-refractivity contribution in [3.05, 3.63) is 23.0 Å². The van der Waals surface area contributed by atoms with E-state index in [1.54, 1.807) is 17.8 Å². The largest absolute Gasteiger partial charge is 0.481 e. The fraction of sp³-hybridized carbons (Fsp3) is 0.429. The van der Waals surface area contributed by atoms with Crippen LogP contribution in [0.15, 0.2) is 12.4 Å². The molecule has 2 aromatic rings. The maximum absolute atomic E-state index is 12.5. The van der Waals surface area contributed by atoms with E-state index in [1.807, 2.05) is 20.2 Å². The molecule has 0 unspecified atom stereocenters. The summed E-state index contributed by atoms with van der Waals surface area (Å²) in [5.74, 6) is -1.09. The Hall–Kier alpha value is -2.22. The summed E-state index contributed by atoms with van der Waals surface area (Å²) in [6, 6.07) is 0. The van der Waals surface area contributed by atoms with Crippen LogP contribution in [-0.2, 0) is 11.8 Å². The monoisotopic (exact) mass is 322 g/mol. The third-order valence-electron chi connectivity index (χ3n) is 3.21. The highest BCUT2D eigenvalue weighted by molar-refractivity contribution is 7.17. The molecule has 2 aromatic heterocycles. The molecule has 0 saturated carbocycles. The van der Waals surface area contributed by atoms with Crippen molar-refractivity contribution < 1.29 is 14.7 Å². The van der Waals surface area contributed by atoms with E-state index in [2.05, 4.69) is 10.1 Å². The minimum Gasteiger partial charge on any atom is -0.481 e. The fourth-order valence-corrected chi connectivity index (χ4v) is 3.04. The van der Waals surface area contributed by atoms with Gasteiger partial charge in [-0.15, -0.1) is 11.3 Å². The topological polar surface area (TPSA) is 88.3 Å². The van der Waals surface area contributed by atoms with Gasteiger partial charge in [0, 0.05) is 31.9 Å². The minimum absolute atomic E-state index is 0.0626. The maximum atomic E-state index is 12.5. The molecule has 0 fully saturated rings. The molecule has 22 heavy (non-hydrogen) atoms. The van der Waals surface area contributed by atoms with Gasteiger partial charge >= 0.3 is 5.97 Å². The molecule has 2 rings (SSSR count). The number of aliphatic carboxylic acids is 1. The summed E-state index contributed by atoms with van der Waals surface area (Å²) >= 11 is 1.31. The van der Waals surface area contributed by atoms with Crippen LogP contribution < -0.4 is 0 Å². The molecule has 0 saturated heterocycles. The van der Waals surface area contributed by atoms with Crippen LogP contribution >= 0.6 is 11.3 Å².